The van der Waals surface area contributed by atoms with Crippen molar-refractivity contribution in [2.45, 2.75) is 9.79 Å². The third-order valence-electron chi connectivity index (χ3n) is 1.77. The molecule has 2 N–H and O–H groups in total. The van der Waals surface area contributed by atoms with Gasteiger partial charge in [-0.2, -0.15) is 0 Å². The van der Waals surface area contributed by atoms with Gasteiger partial charge in [-0.15, -0.1) is 16.8 Å². The van der Waals surface area contributed by atoms with Crippen LogP contribution >= 0.6 is 0 Å². The summed E-state index contributed by atoms with van der Waals surface area (Å²) in [6.45, 7) is 0. The number of diazo groups is 2. The molecule has 9 nitrogen and oxygen atoms in total. The minimum absolute atomic E-state index is 0.451. The van der Waals surface area contributed by atoms with Crippen molar-refractivity contribution in [1.29, 1.82) is 10.8 Å². The van der Waals surface area contributed by atoms with Gasteiger partial charge in [0.2, 0.25) is 10.8 Å². The first-order valence-corrected chi connectivity index (χ1v) is 6.75. The molecular formula is C6H5N5O4S2+2. The number of hydrogen-bond acceptors (Lipinski definition) is 7. The normalized spacial score (nSPS) is 11.4. The minimum Gasteiger partial charge on any atom is -0.397 e. The molecule has 1 aromatic carbocycles. The van der Waals surface area contributed by atoms with Crippen LogP contribution in [0.1, 0.15) is 0 Å². The van der Waals surface area contributed by atoms with Gasteiger partial charge in [0.05, 0.1) is 5.69 Å². The lowest BCUT2D eigenvalue weighted by atomic mass is 10.3. The van der Waals surface area contributed by atoms with Gasteiger partial charge in [0.1, 0.15) is 0 Å². The lowest BCUT2D eigenvalue weighted by Gasteiger charge is -1.95. The Labute approximate surface area is 96.2 Å². The van der Waals surface area contributed by atoms with Crippen LogP contribution in [-0.4, -0.2) is 16.8 Å². The summed E-state index contributed by atoms with van der Waals surface area (Å²) in [5, 5.41) is 16.5. The molecular weight excluding hydrogens is 270 g/mol. The maximum absolute atomic E-state index is 11.1. The lowest BCUT2D eigenvalue weighted by Crippen LogP contribution is -2.03. The Bertz CT molecular complexity index is 753. The second-order valence-corrected chi connectivity index (χ2v) is 5.95. The van der Waals surface area contributed by atoms with Crippen LogP contribution in [0.5, 0.6) is 0 Å². The average Bonchev–Trinajstić information content (AvgIpc) is 2.28. The molecule has 0 aliphatic carbocycles. The zero-order valence-electron chi connectivity index (χ0n) is 8.05. The Kier molecular flexibility index (Phi) is 2.99. The number of hydrogen-bond donors (Lipinski definition) is 1. The highest BCUT2D eigenvalue weighted by molar-refractivity contribution is 7.93. The van der Waals surface area contributed by atoms with Gasteiger partial charge in [0.25, 0.3) is 8.76 Å². The van der Waals surface area contributed by atoms with Gasteiger partial charge in [-0.3, -0.25) is 0 Å². The first-order valence-electron chi connectivity index (χ1n) is 3.87. The number of benzene rings is 1. The first kappa shape index (κ1) is 12.8. The summed E-state index contributed by atoms with van der Waals surface area (Å²) in [6.07, 6.45) is 0. The topological polar surface area (TPSA) is 151 Å². The summed E-state index contributed by atoms with van der Waals surface area (Å²) in [5.74, 6) is 0. The van der Waals surface area contributed by atoms with Crippen LogP contribution < -0.4 is 5.73 Å². The Morgan fingerprint density at radius 1 is 1.00 bits per heavy atom. The molecule has 1 rings (SSSR count). The van der Waals surface area contributed by atoms with E-state index in [4.69, 9.17) is 16.5 Å². The van der Waals surface area contributed by atoms with E-state index in [0.717, 1.165) is 18.2 Å². The molecule has 0 atom stereocenters. The van der Waals surface area contributed by atoms with Crippen LogP contribution in [0.15, 0.2) is 28.0 Å². The summed E-state index contributed by atoms with van der Waals surface area (Å²) in [6, 6.07) is 2.44. The zero-order valence-corrected chi connectivity index (χ0v) is 9.68. The van der Waals surface area contributed by atoms with Gasteiger partial charge in [-0.25, -0.2) is 0 Å². The third-order valence-corrected chi connectivity index (χ3v) is 3.98. The monoisotopic (exact) mass is 275 g/mol. The van der Waals surface area contributed by atoms with E-state index in [-0.39, 0.29) is 0 Å². The Balaban J connectivity index is 3.53. The van der Waals surface area contributed by atoms with Crippen LogP contribution in [0.4, 0.5) is 5.69 Å². The van der Waals surface area contributed by atoms with Crippen LogP contribution in [0.3, 0.4) is 0 Å². The molecule has 0 amide bonds. The van der Waals surface area contributed by atoms with E-state index in [1.165, 1.54) is 0 Å². The molecule has 0 aliphatic rings. The van der Waals surface area contributed by atoms with E-state index in [0.29, 0.717) is 0 Å². The summed E-state index contributed by atoms with van der Waals surface area (Å²) >= 11 is 0. The Hall–Kier alpha value is -2.24. The third kappa shape index (κ3) is 2.30. The van der Waals surface area contributed by atoms with Gasteiger partial charge in [-0.1, -0.05) is 0 Å². The van der Waals surface area contributed by atoms with Crippen LogP contribution in [-0.2, 0) is 20.0 Å². The van der Waals surface area contributed by atoms with E-state index < -0.39 is 35.5 Å². The van der Waals surface area contributed by atoms with Crippen molar-refractivity contribution in [1.82, 2.24) is 0 Å². The number of sulfonamides is 2. The van der Waals surface area contributed by atoms with Gasteiger partial charge >= 0.3 is 20.0 Å². The number of rotatable bonds is 2. The highest BCUT2D eigenvalue weighted by atomic mass is 32.2. The SMILES string of the molecule is N#[N+]S(=O)(=O)c1ccc(S(=O)(=O)[N+]#N)c(N)c1. The van der Waals surface area contributed by atoms with E-state index in [1.54, 1.807) is 0 Å². The Morgan fingerprint density at radius 2 is 1.53 bits per heavy atom. The van der Waals surface area contributed by atoms with Crippen molar-refractivity contribution in [3.05, 3.63) is 27.0 Å². The minimum atomic E-state index is -4.33. The van der Waals surface area contributed by atoms with Crippen molar-refractivity contribution >= 4 is 25.7 Å². The van der Waals surface area contributed by atoms with Crippen molar-refractivity contribution in [2.24, 2.45) is 0 Å². The van der Waals surface area contributed by atoms with E-state index >= 15 is 0 Å². The molecule has 88 valence electrons. The molecule has 0 unspecified atom stereocenters. The molecule has 0 heterocycles. The predicted molar refractivity (Wildman–Crippen MR) is 55.4 cm³/mol. The van der Waals surface area contributed by atoms with E-state index in [1.807, 2.05) is 0 Å². The van der Waals surface area contributed by atoms with Gasteiger partial charge in [0.15, 0.2) is 9.79 Å². The standard InChI is InChI=1S/C6H5N5O4S2/c7-5-3-4(16(12,13)10-8)1-2-6(5)17(14,15)11-9/h1-3H,7H2/q+2. The van der Waals surface area contributed by atoms with Crippen LogP contribution in [0.2, 0.25) is 0 Å². The smallest absolute Gasteiger partial charge is 0.397 e. The van der Waals surface area contributed by atoms with Gasteiger partial charge in [0, 0.05) is 0 Å². The number of anilines is 1. The van der Waals surface area contributed by atoms with Crippen LogP contribution in [0, 0.1) is 10.8 Å². The van der Waals surface area contributed by atoms with Crippen molar-refractivity contribution in [3.8, 4) is 0 Å². The summed E-state index contributed by atoms with van der Waals surface area (Å²) in [7, 11) is -8.61. The first-order chi connectivity index (χ1) is 7.74. The summed E-state index contributed by atoms with van der Waals surface area (Å²) in [4.78, 5) is -1.05. The fourth-order valence-electron chi connectivity index (χ4n) is 1.01. The molecule has 0 saturated heterocycles. The van der Waals surface area contributed by atoms with Gasteiger partial charge in [-0.05, 0) is 18.2 Å². The van der Waals surface area contributed by atoms with Crippen molar-refractivity contribution < 1.29 is 16.8 Å². The highest BCUT2D eigenvalue weighted by Crippen LogP contribution is 2.24. The largest absolute Gasteiger partial charge is 0.554 e. The number of nitrogens with zero attached hydrogens (tertiary/aromatic N) is 4. The maximum atomic E-state index is 11.1. The predicted octanol–water partition coefficient (Wildman–Crippen LogP) is 0.352. The zero-order chi connectivity index (χ0) is 13.3. The van der Waals surface area contributed by atoms with Crippen LogP contribution in [0.25, 0.3) is 8.76 Å². The lowest BCUT2D eigenvalue weighted by molar-refractivity contribution is 0.600. The highest BCUT2D eigenvalue weighted by Gasteiger charge is 2.33. The maximum Gasteiger partial charge on any atom is 0.554 e. The van der Waals surface area contributed by atoms with Crippen molar-refractivity contribution in [2.75, 3.05) is 5.73 Å². The van der Waals surface area contributed by atoms with E-state index in [9.17, 15) is 16.8 Å². The molecule has 1 aromatic rings. The van der Waals surface area contributed by atoms with E-state index in [2.05, 4.69) is 8.76 Å². The fraction of sp³-hybridized carbons (Fsp3) is 0. The molecule has 11 heteroatoms. The molecule has 0 saturated carbocycles. The second kappa shape index (κ2) is 3.97. The second-order valence-electron chi connectivity index (χ2n) is 2.81. The molecule has 0 fully saturated rings. The molecule has 0 aliphatic heterocycles. The molecule has 0 bridgehead atoms. The molecule has 17 heavy (non-hydrogen) atoms. The summed E-state index contributed by atoms with van der Waals surface area (Å²) in [5.41, 5.74) is 4.85. The van der Waals surface area contributed by atoms with Gasteiger partial charge < -0.3 is 5.73 Å². The fourth-order valence-corrected chi connectivity index (χ4v) is 2.31. The molecule has 0 spiro atoms. The average molecular weight is 275 g/mol. The molecule has 0 radical (unpaired) electrons. The number of nitrogens with two attached hydrogens (primary N) is 1. The molecule has 0 aromatic heterocycles. The van der Waals surface area contributed by atoms with Crippen molar-refractivity contribution in [3.63, 3.8) is 0 Å². The number of nitrogen functional groups attached to an aromatic ring is 1. The quantitative estimate of drug-likeness (QED) is 0.603. The summed E-state index contributed by atoms with van der Waals surface area (Å²) < 4.78 is 48.7. The Morgan fingerprint density at radius 3 is 1.94 bits per heavy atom.